The average molecular weight is 280 g/mol. The predicted molar refractivity (Wildman–Crippen MR) is 76.5 cm³/mol. The summed E-state index contributed by atoms with van der Waals surface area (Å²) in [7, 11) is 0. The van der Waals surface area contributed by atoms with Gasteiger partial charge in [-0.1, -0.05) is 0 Å². The van der Waals surface area contributed by atoms with E-state index in [1.54, 1.807) is 18.1 Å². The maximum Gasteiger partial charge on any atom is 0.128 e. The third kappa shape index (κ3) is 2.27. The summed E-state index contributed by atoms with van der Waals surface area (Å²) >= 11 is 3.64. The number of aliphatic hydroxyl groups is 1. The third-order valence-corrected chi connectivity index (χ3v) is 5.53. The number of aryl methyl sites for hydroxylation is 2. The topological polar surface area (TPSA) is 46.0 Å². The van der Waals surface area contributed by atoms with E-state index in [1.807, 2.05) is 11.3 Å². The molecule has 2 aromatic heterocycles. The quantitative estimate of drug-likeness (QED) is 0.519. The maximum atomic E-state index is 8.80. The van der Waals surface area contributed by atoms with Crippen LogP contribution in [-0.2, 0) is 12.8 Å². The zero-order chi connectivity index (χ0) is 12.4. The first-order valence-electron chi connectivity index (χ1n) is 6.39. The molecule has 0 radical (unpaired) electrons. The van der Waals surface area contributed by atoms with Gasteiger partial charge in [-0.3, -0.25) is 0 Å². The zero-order valence-electron chi connectivity index (χ0n) is 10.2. The molecule has 3 nitrogen and oxygen atoms in total. The van der Waals surface area contributed by atoms with Crippen molar-refractivity contribution in [2.24, 2.45) is 0 Å². The monoisotopic (exact) mass is 280 g/mol. The van der Waals surface area contributed by atoms with E-state index in [0.717, 1.165) is 28.5 Å². The van der Waals surface area contributed by atoms with Crippen molar-refractivity contribution in [2.45, 2.75) is 37.1 Å². The van der Waals surface area contributed by atoms with Crippen LogP contribution in [0.2, 0.25) is 0 Å². The lowest BCUT2D eigenvalue weighted by atomic mass is 10.2. The highest BCUT2D eigenvalue weighted by Gasteiger charge is 2.20. The molecule has 0 aromatic carbocycles. The minimum atomic E-state index is 0.285. The molecule has 0 spiro atoms. The van der Waals surface area contributed by atoms with E-state index in [2.05, 4.69) is 9.97 Å². The molecule has 0 bridgehead atoms. The first-order chi connectivity index (χ1) is 8.90. The number of thioether (sulfide) groups is 1. The number of thiophene rings is 1. The van der Waals surface area contributed by atoms with E-state index in [4.69, 9.17) is 5.11 Å². The lowest BCUT2D eigenvalue weighted by molar-refractivity contribution is 0.287. The normalized spacial score (nSPS) is 14.3. The number of hydrogen-bond acceptors (Lipinski definition) is 5. The second-order valence-corrected chi connectivity index (χ2v) is 6.66. The van der Waals surface area contributed by atoms with Crippen LogP contribution < -0.4 is 0 Å². The van der Waals surface area contributed by atoms with E-state index in [9.17, 15) is 0 Å². The van der Waals surface area contributed by atoms with Crippen LogP contribution in [0.5, 0.6) is 0 Å². The molecule has 0 amide bonds. The maximum absolute atomic E-state index is 8.80. The highest BCUT2D eigenvalue weighted by molar-refractivity contribution is 7.99. The highest BCUT2D eigenvalue weighted by Crippen LogP contribution is 2.40. The molecule has 0 unspecified atom stereocenters. The molecule has 0 aliphatic heterocycles. The number of aromatic nitrogens is 2. The van der Waals surface area contributed by atoms with Gasteiger partial charge in [-0.25, -0.2) is 9.97 Å². The van der Waals surface area contributed by atoms with Crippen LogP contribution in [0, 0.1) is 0 Å². The molecule has 0 saturated heterocycles. The van der Waals surface area contributed by atoms with Crippen molar-refractivity contribution >= 4 is 33.3 Å². The molecule has 3 rings (SSSR count). The van der Waals surface area contributed by atoms with Crippen LogP contribution in [0.25, 0.3) is 10.2 Å². The fraction of sp³-hybridized carbons (Fsp3) is 0.538. The molecule has 5 heteroatoms. The Morgan fingerprint density at radius 3 is 3.11 bits per heavy atom. The van der Waals surface area contributed by atoms with E-state index < -0.39 is 0 Å². The summed E-state index contributed by atoms with van der Waals surface area (Å²) in [6.45, 7) is 0.285. The van der Waals surface area contributed by atoms with Crippen molar-refractivity contribution in [2.75, 3.05) is 12.4 Å². The molecule has 0 atom stereocenters. The first-order valence-corrected chi connectivity index (χ1v) is 8.19. The summed E-state index contributed by atoms with van der Waals surface area (Å²) in [6, 6.07) is 0. The largest absolute Gasteiger partial charge is 0.396 e. The second-order valence-electron chi connectivity index (χ2n) is 4.50. The van der Waals surface area contributed by atoms with Crippen LogP contribution in [0.3, 0.4) is 0 Å². The Labute approximate surface area is 115 Å². The lowest BCUT2D eigenvalue weighted by Gasteiger charge is -2.03. The van der Waals surface area contributed by atoms with E-state index in [0.29, 0.717) is 0 Å². The van der Waals surface area contributed by atoms with Gasteiger partial charge in [0.25, 0.3) is 0 Å². The van der Waals surface area contributed by atoms with E-state index in [1.165, 1.54) is 35.1 Å². The van der Waals surface area contributed by atoms with Gasteiger partial charge < -0.3 is 5.11 Å². The van der Waals surface area contributed by atoms with Crippen molar-refractivity contribution in [1.82, 2.24) is 9.97 Å². The summed E-state index contributed by atoms with van der Waals surface area (Å²) in [6.07, 6.45) is 7.28. The minimum absolute atomic E-state index is 0.285. The summed E-state index contributed by atoms with van der Waals surface area (Å²) < 4.78 is 0. The van der Waals surface area contributed by atoms with Gasteiger partial charge in [-0.2, -0.15) is 0 Å². The Hall–Kier alpha value is -0.650. The Kier molecular flexibility index (Phi) is 3.82. The van der Waals surface area contributed by atoms with Crippen molar-refractivity contribution in [1.29, 1.82) is 0 Å². The highest BCUT2D eigenvalue weighted by atomic mass is 32.2. The van der Waals surface area contributed by atoms with Gasteiger partial charge in [0, 0.05) is 16.9 Å². The molecule has 1 N–H and O–H groups in total. The number of nitrogens with zero attached hydrogens (tertiary/aromatic N) is 2. The minimum Gasteiger partial charge on any atom is -0.396 e. The SMILES string of the molecule is OCCCCSc1ncnc2sc3c(c12)CCC3. The average Bonchev–Trinajstić information content (AvgIpc) is 2.94. The van der Waals surface area contributed by atoms with Crippen LogP contribution in [0.1, 0.15) is 29.7 Å². The second kappa shape index (κ2) is 5.55. The first kappa shape index (κ1) is 12.4. The molecule has 18 heavy (non-hydrogen) atoms. The molecule has 0 fully saturated rings. The number of aliphatic hydroxyl groups excluding tert-OH is 1. The standard InChI is InChI=1S/C13H16N2OS2/c16-6-1-2-7-17-12-11-9-4-3-5-10(9)18-13(11)15-8-14-12/h8,16H,1-7H2. The predicted octanol–water partition coefficient (Wildman–Crippen LogP) is 3.04. The van der Waals surface area contributed by atoms with Gasteiger partial charge in [0.05, 0.1) is 0 Å². The molecular weight excluding hydrogens is 264 g/mol. The van der Waals surface area contributed by atoms with Gasteiger partial charge in [0.1, 0.15) is 16.2 Å². The van der Waals surface area contributed by atoms with Crippen molar-refractivity contribution in [3.63, 3.8) is 0 Å². The lowest BCUT2D eigenvalue weighted by Crippen LogP contribution is -1.90. The van der Waals surface area contributed by atoms with Gasteiger partial charge in [0.2, 0.25) is 0 Å². The molecule has 1 aliphatic rings. The zero-order valence-corrected chi connectivity index (χ0v) is 11.8. The Morgan fingerprint density at radius 1 is 1.28 bits per heavy atom. The molecular formula is C13H16N2OS2. The van der Waals surface area contributed by atoms with Crippen LogP contribution in [-0.4, -0.2) is 27.4 Å². The van der Waals surface area contributed by atoms with Crippen LogP contribution in [0.4, 0.5) is 0 Å². The molecule has 2 aromatic rings. The van der Waals surface area contributed by atoms with Gasteiger partial charge in [-0.15, -0.1) is 23.1 Å². The number of unbranched alkanes of at least 4 members (excludes halogenated alkanes) is 1. The third-order valence-electron chi connectivity index (χ3n) is 3.26. The number of fused-ring (bicyclic) bond motifs is 3. The summed E-state index contributed by atoms with van der Waals surface area (Å²) in [4.78, 5) is 11.5. The summed E-state index contributed by atoms with van der Waals surface area (Å²) in [5, 5.41) is 11.2. The van der Waals surface area contributed by atoms with Crippen molar-refractivity contribution in [3.8, 4) is 0 Å². The Bertz CT molecular complexity index is 553. The molecule has 96 valence electrons. The molecule has 1 aliphatic carbocycles. The van der Waals surface area contributed by atoms with Gasteiger partial charge in [0.15, 0.2) is 0 Å². The fourth-order valence-corrected chi connectivity index (χ4v) is 4.71. The number of hydrogen-bond donors (Lipinski definition) is 1. The van der Waals surface area contributed by atoms with Crippen LogP contribution in [0.15, 0.2) is 11.4 Å². The van der Waals surface area contributed by atoms with Crippen LogP contribution >= 0.6 is 23.1 Å². The van der Waals surface area contributed by atoms with Gasteiger partial charge in [-0.05, 0) is 43.4 Å². The van der Waals surface area contributed by atoms with Gasteiger partial charge >= 0.3 is 0 Å². The molecule has 0 saturated carbocycles. The summed E-state index contributed by atoms with van der Waals surface area (Å²) in [5.74, 6) is 1.03. The van der Waals surface area contributed by atoms with Crippen molar-refractivity contribution < 1.29 is 5.11 Å². The Morgan fingerprint density at radius 2 is 2.22 bits per heavy atom. The smallest absolute Gasteiger partial charge is 0.128 e. The number of rotatable bonds is 5. The Balaban J connectivity index is 1.87. The molecule has 2 heterocycles. The fourth-order valence-electron chi connectivity index (χ4n) is 2.39. The van der Waals surface area contributed by atoms with E-state index >= 15 is 0 Å². The van der Waals surface area contributed by atoms with E-state index in [-0.39, 0.29) is 6.61 Å². The summed E-state index contributed by atoms with van der Waals surface area (Å²) in [5.41, 5.74) is 1.50. The van der Waals surface area contributed by atoms with Crippen molar-refractivity contribution in [3.05, 3.63) is 16.8 Å².